The second-order valence-electron chi connectivity index (χ2n) is 6.16. The van der Waals surface area contributed by atoms with Crippen molar-refractivity contribution in [2.75, 3.05) is 21.3 Å². The summed E-state index contributed by atoms with van der Waals surface area (Å²) in [5, 5.41) is 9.34. The Hall–Kier alpha value is -2.36. The number of benzene rings is 1. The number of hydrogen-bond donors (Lipinski definition) is 1. The molecule has 0 fully saturated rings. The normalized spacial score (nSPS) is 11.7. The molecule has 1 N–H and O–H groups in total. The van der Waals surface area contributed by atoms with Crippen molar-refractivity contribution < 1.29 is 14.4 Å². The minimum atomic E-state index is 0.579. The molecule has 1 aromatic carbocycles. The highest BCUT2D eigenvalue weighted by atomic mass is 32.1. The van der Waals surface area contributed by atoms with Crippen LogP contribution in [0, 0.1) is 29.8 Å². The lowest BCUT2D eigenvalue weighted by molar-refractivity contribution is -0.917. The van der Waals surface area contributed by atoms with Crippen LogP contribution in [-0.4, -0.2) is 25.8 Å². The molecule has 5 nitrogen and oxygen atoms in total. The SMILES string of the molecule is COc1ccc(C[NH+](C)Cn2c(C)cc(C)c(C#N)c2=S)c(OC)c1. The zero-order chi connectivity index (χ0) is 18.6. The average Bonchev–Trinajstić information content (AvgIpc) is 2.59. The molecule has 0 amide bonds. The van der Waals surface area contributed by atoms with Gasteiger partial charge < -0.3 is 14.4 Å². The van der Waals surface area contributed by atoms with Crippen molar-refractivity contribution in [2.24, 2.45) is 0 Å². The summed E-state index contributed by atoms with van der Waals surface area (Å²) >= 11 is 5.52. The molecular weight excluding hydrogens is 334 g/mol. The highest BCUT2D eigenvalue weighted by Gasteiger charge is 2.14. The van der Waals surface area contributed by atoms with Gasteiger partial charge in [0.05, 0.1) is 26.8 Å². The Balaban J connectivity index is 2.26. The maximum atomic E-state index is 9.34. The summed E-state index contributed by atoms with van der Waals surface area (Å²) in [6.07, 6.45) is 0. The van der Waals surface area contributed by atoms with Gasteiger partial charge >= 0.3 is 0 Å². The van der Waals surface area contributed by atoms with Crippen LogP contribution in [0.15, 0.2) is 24.3 Å². The summed E-state index contributed by atoms with van der Waals surface area (Å²) in [5.74, 6) is 1.58. The largest absolute Gasteiger partial charge is 0.497 e. The van der Waals surface area contributed by atoms with Crippen LogP contribution in [0.2, 0.25) is 0 Å². The molecule has 6 heteroatoms. The van der Waals surface area contributed by atoms with Crippen LogP contribution in [0.5, 0.6) is 11.5 Å². The third kappa shape index (κ3) is 4.19. The van der Waals surface area contributed by atoms with Gasteiger partial charge in [0.2, 0.25) is 0 Å². The van der Waals surface area contributed by atoms with Crippen LogP contribution in [0.3, 0.4) is 0 Å². The maximum absolute atomic E-state index is 9.34. The second kappa shape index (κ2) is 8.15. The summed E-state index contributed by atoms with van der Waals surface area (Å²) in [6, 6.07) is 10.1. The number of nitrogens with one attached hydrogen (secondary N) is 1. The fraction of sp³-hybridized carbons (Fsp3) is 0.368. The highest BCUT2D eigenvalue weighted by molar-refractivity contribution is 7.71. The standard InChI is InChI=1S/C19H23N3O2S/c1-13-8-14(2)22(19(25)17(13)10-20)12-21(3)11-15-6-7-16(23-4)9-18(15)24-5/h6-9H,11-12H2,1-5H3/p+1. The van der Waals surface area contributed by atoms with Gasteiger partial charge in [-0.2, -0.15) is 5.26 Å². The van der Waals surface area contributed by atoms with Crippen LogP contribution < -0.4 is 14.4 Å². The zero-order valence-electron chi connectivity index (χ0n) is 15.3. The molecule has 2 aromatic rings. The van der Waals surface area contributed by atoms with Crippen molar-refractivity contribution in [3.63, 3.8) is 0 Å². The van der Waals surface area contributed by atoms with Crippen molar-refractivity contribution in [3.8, 4) is 17.6 Å². The summed E-state index contributed by atoms with van der Waals surface area (Å²) < 4.78 is 13.3. The smallest absolute Gasteiger partial charge is 0.157 e. The lowest BCUT2D eigenvalue weighted by Gasteiger charge is -2.20. The molecular formula is C19H24N3O2S+. The Morgan fingerprint density at radius 1 is 1.20 bits per heavy atom. The number of pyridine rings is 1. The number of nitriles is 1. The van der Waals surface area contributed by atoms with Crippen molar-refractivity contribution >= 4 is 12.2 Å². The van der Waals surface area contributed by atoms with E-state index in [9.17, 15) is 5.26 Å². The minimum Gasteiger partial charge on any atom is -0.497 e. The number of methoxy groups -OCH3 is 2. The summed E-state index contributed by atoms with van der Waals surface area (Å²) in [6.45, 7) is 5.38. The van der Waals surface area contributed by atoms with Crippen molar-refractivity contribution in [1.29, 1.82) is 5.26 Å². The number of aromatic nitrogens is 1. The van der Waals surface area contributed by atoms with Crippen LogP contribution in [0.25, 0.3) is 0 Å². The van der Waals surface area contributed by atoms with E-state index < -0.39 is 0 Å². The number of quaternary nitrogens is 1. The Kier molecular flexibility index (Phi) is 6.18. The van der Waals surface area contributed by atoms with Crippen LogP contribution >= 0.6 is 12.2 Å². The van der Waals surface area contributed by atoms with Crippen LogP contribution in [0.1, 0.15) is 22.4 Å². The van der Waals surface area contributed by atoms with Crippen molar-refractivity contribution in [1.82, 2.24) is 4.57 Å². The predicted molar refractivity (Wildman–Crippen MR) is 99.6 cm³/mol. The van der Waals surface area contributed by atoms with Crippen LogP contribution in [0.4, 0.5) is 0 Å². The monoisotopic (exact) mass is 358 g/mol. The van der Waals surface area contributed by atoms with Gasteiger partial charge in [-0.15, -0.1) is 0 Å². The quantitative estimate of drug-likeness (QED) is 0.806. The molecule has 132 valence electrons. The first-order chi connectivity index (χ1) is 11.9. The van der Waals surface area contributed by atoms with Gasteiger partial charge in [-0.1, -0.05) is 12.2 Å². The van der Waals surface area contributed by atoms with Gasteiger partial charge in [0.1, 0.15) is 28.8 Å². The molecule has 0 aliphatic rings. The number of aryl methyl sites for hydroxylation is 2. The van der Waals surface area contributed by atoms with Gasteiger partial charge in [-0.05, 0) is 37.6 Å². The lowest BCUT2D eigenvalue weighted by Crippen LogP contribution is -3.07. The zero-order valence-corrected chi connectivity index (χ0v) is 16.2. The van der Waals surface area contributed by atoms with E-state index >= 15 is 0 Å². The molecule has 0 radical (unpaired) electrons. The maximum Gasteiger partial charge on any atom is 0.157 e. The first kappa shape index (κ1) is 19.0. The third-order valence-corrected chi connectivity index (χ3v) is 4.66. The first-order valence-electron chi connectivity index (χ1n) is 8.04. The molecule has 2 rings (SSSR count). The van der Waals surface area contributed by atoms with E-state index in [0.29, 0.717) is 16.9 Å². The summed E-state index contributed by atoms with van der Waals surface area (Å²) in [7, 11) is 5.39. The second-order valence-corrected chi connectivity index (χ2v) is 6.55. The van der Waals surface area contributed by atoms with Gasteiger partial charge in [0.15, 0.2) is 6.67 Å². The fourth-order valence-corrected chi connectivity index (χ4v) is 3.32. The Labute approximate surface area is 154 Å². The van der Waals surface area contributed by atoms with Crippen molar-refractivity contribution in [3.05, 3.63) is 51.3 Å². The van der Waals surface area contributed by atoms with Crippen molar-refractivity contribution in [2.45, 2.75) is 27.1 Å². The molecule has 0 aliphatic heterocycles. The van der Waals surface area contributed by atoms with E-state index in [2.05, 4.69) is 13.1 Å². The van der Waals surface area contributed by atoms with E-state index in [1.54, 1.807) is 14.2 Å². The third-order valence-electron chi connectivity index (χ3n) is 4.23. The van der Waals surface area contributed by atoms with E-state index in [1.807, 2.05) is 42.7 Å². The average molecular weight is 358 g/mol. The van der Waals surface area contributed by atoms with E-state index in [4.69, 9.17) is 21.7 Å². The first-order valence-corrected chi connectivity index (χ1v) is 8.45. The molecule has 0 saturated carbocycles. The highest BCUT2D eigenvalue weighted by Crippen LogP contribution is 2.23. The topological polar surface area (TPSA) is 51.6 Å². The molecule has 0 aliphatic carbocycles. The van der Waals surface area contributed by atoms with E-state index in [-0.39, 0.29) is 0 Å². The number of rotatable bonds is 6. The number of ether oxygens (including phenoxy) is 2. The van der Waals surface area contributed by atoms with Gasteiger partial charge in [-0.3, -0.25) is 4.57 Å². The van der Waals surface area contributed by atoms with Gasteiger partial charge in [-0.25, -0.2) is 0 Å². The minimum absolute atomic E-state index is 0.579. The molecule has 1 unspecified atom stereocenters. The van der Waals surface area contributed by atoms with Crippen LogP contribution in [-0.2, 0) is 13.2 Å². The molecule has 1 atom stereocenters. The molecule has 1 aromatic heterocycles. The molecule has 0 spiro atoms. The summed E-state index contributed by atoms with van der Waals surface area (Å²) in [4.78, 5) is 1.23. The van der Waals surface area contributed by atoms with E-state index in [0.717, 1.165) is 34.9 Å². The number of nitrogens with zero attached hydrogens (tertiary/aromatic N) is 2. The predicted octanol–water partition coefficient (Wildman–Crippen LogP) is 2.40. The Morgan fingerprint density at radius 2 is 1.92 bits per heavy atom. The Morgan fingerprint density at radius 3 is 2.52 bits per heavy atom. The molecule has 0 bridgehead atoms. The molecule has 25 heavy (non-hydrogen) atoms. The van der Waals surface area contributed by atoms with Gasteiger partial charge in [0.25, 0.3) is 0 Å². The van der Waals surface area contributed by atoms with E-state index in [1.165, 1.54) is 4.90 Å². The lowest BCUT2D eigenvalue weighted by atomic mass is 10.1. The van der Waals surface area contributed by atoms with Gasteiger partial charge in [0, 0.05) is 17.3 Å². The number of hydrogen-bond acceptors (Lipinski definition) is 4. The molecule has 0 saturated heterocycles. The fourth-order valence-electron chi connectivity index (χ4n) is 2.91. The molecule has 1 heterocycles. The summed E-state index contributed by atoms with van der Waals surface area (Å²) in [5.41, 5.74) is 3.66. The Bertz CT molecular complexity index is 868.